The van der Waals surface area contributed by atoms with Crippen molar-refractivity contribution >= 4 is 39.5 Å². The van der Waals surface area contributed by atoms with Gasteiger partial charge in [-0.2, -0.15) is 0 Å². The van der Waals surface area contributed by atoms with E-state index in [4.69, 9.17) is 9.47 Å². The van der Waals surface area contributed by atoms with Crippen LogP contribution in [0.5, 0.6) is 0 Å². The summed E-state index contributed by atoms with van der Waals surface area (Å²) in [4.78, 5) is 36.7. The Morgan fingerprint density at radius 1 is 1.31 bits per heavy atom. The van der Waals surface area contributed by atoms with E-state index < -0.39 is 23.7 Å². The third-order valence-corrected chi connectivity index (χ3v) is 7.00. The summed E-state index contributed by atoms with van der Waals surface area (Å²) in [5.74, 6) is -2.03. The number of benzene rings is 1. The number of amides is 1. The van der Waals surface area contributed by atoms with Crippen LogP contribution in [0.15, 0.2) is 18.2 Å². The van der Waals surface area contributed by atoms with Gasteiger partial charge in [-0.1, -0.05) is 33.6 Å². The van der Waals surface area contributed by atoms with Gasteiger partial charge < -0.3 is 14.8 Å². The molecule has 0 radical (unpaired) electrons. The normalized spacial score (nSPS) is 33.9. The van der Waals surface area contributed by atoms with E-state index in [1.807, 2.05) is 32.0 Å². The van der Waals surface area contributed by atoms with E-state index in [0.717, 1.165) is 17.5 Å². The smallest absolute Gasteiger partial charge is 0.310 e. The minimum atomic E-state index is -0.524. The van der Waals surface area contributed by atoms with Crippen molar-refractivity contribution in [1.29, 1.82) is 0 Å². The second-order valence-electron chi connectivity index (χ2n) is 7.44. The zero-order chi connectivity index (χ0) is 18.6. The lowest BCUT2D eigenvalue weighted by molar-refractivity contribution is -0.157. The monoisotopic (exact) mass is 421 g/mol. The first kappa shape index (κ1) is 17.5. The van der Waals surface area contributed by atoms with Crippen LogP contribution in [0.4, 0.5) is 5.69 Å². The highest BCUT2D eigenvalue weighted by atomic mass is 79.9. The fourth-order valence-electron chi connectivity index (χ4n) is 4.67. The summed E-state index contributed by atoms with van der Waals surface area (Å²) < 4.78 is 10.6. The molecule has 3 aliphatic rings. The van der Waals surface area contributed by atoms with Crippen LogP contribution in [0.1, 0.15) is 17.5 Å². The fraction of sp³-hybridized carbons (Fsp3) is 0.526. The molecular formula is C19H20BrNO5. The molecule has 4 rings (SSSR count). The average Bonchev–Trinajstić information content (AvgIpc) is 3.19. The van der Waals surface area contributed by atoms with Crippen molar-refractivity contribution in [2.75, 3.05) is 11.9 Å². The summed E-state index contributed by atoms with van der Waals surface area (Å²) in [5, 5.41) is 2.75. The minimum Gasteiger partial charge on any atom is -0.461 e. The number of fused-ring (bicyclic) bond motifs is 1. The first-order chi connectivity index (χ1) is 12.4. The third-order valence-electron chi connectivity index (χ3n) is 5.80. The number of aryl methyl sites for hydroxylation is 2. The molecule has 138 valence electrons. The van der Waals surface area contributed by atoms with Gasteiger partial charge in [0.05, 0.1) is 16.7 Å². The highest BCUT2D eigenvalue weighted by Gasteiger charge is 2.68. The number of halogens is 1. The van der Waals surface area contributed by atoms with E-state index in [1.165, 1.54) is 0 Å². The first-order valence-corrected chi connectivity index (χ1v) is 9.66. The summed E-state index contributed by atoms with van der Waals surface area (Å²) in [6.45, 7) is 3.52. The van der Waals surface area contributed by atoms with E-state index in [1.54, 1.807) is 0 Å². The molecule has 3 fully saturated rings. The quantitative estimate of drug-likeness (QED) is 0.595. The van der Waals surface area contributed by atoms with Crippen molar-refractivity contribution in [1.82, 2.24) is 0 Å². The zero-order valence-electron chi connectivity index (χ0n) is 14.5. The molecule has 1 aromatic rings. The molecular weight excluding hydrogens is 402 g/mol. The number of rotatable bonds is 4. The Kier molecular flexibility index (Phi) is 4.29. The number of carbonyl (C=O) groups excluding carboxylic acids is 3. The molecule has 1 aliphatic heterocycles. The lowest BCUT2D eigenvalue weighted by Gasteiger charge is -2.26. The SMILES string of the molecule is Cc1ccc(NC(=O)COC(=O)[C@@H]2[C@H]3C[C@H]4[C@H](OC(=O)[C@@H]42)[C@H]3Br)c(C)c1. The zero-order valence-corrected chi connectivity index (χ0v) is 16.1. The molecule has 0 aromatic heterocycles. The number of anilines is 1. The minimum absolute atomic E-state index is 0.0169. The van der Waals surface area contributed by atoms with Crippen molar-refractivity contribution in [2.45, 2.75) is 31.2 Å². The van der Waals surface area contributed by atoms with Crippen LogP contribution in [-0.2, 0) is 23.9 Å². The van der Waals surface area contributed by atoms with Crippen molar-refractivity contribution in [2.24, 2.45) is 23.7 Å². The van der Waals surface area contributed by atoms with E-state index in [2.05, 4.69) is 21.2 Å². The lowest BCUT2D eigenvalue weighted by atomic mass is 9.80. The largest absolute Gasteiger partial charge is 0.461 e. The van der Waals surface area contributed by atoms with Gasteiger partial charge in [0, 0.05) is 11.6 Å². The number of ether oxygens (including phenoxy) is 2. The van der Waals surface area contributed by atoms with Gasteiger partial charge >= 0.3 is 11.9 Å². The molecule has 0 unspecified atom stereocenters. The van der Waals surface area contributed by atoms with Gasteiger partial charge in [-0.15, -0.1) is 0 Å². The maximum Gasteiger partial charge on any atom is 0.310 e. The van der Waals surface area contributed by atoms with Crippen LogP contribution >= 0.6 is 15.9 Å². The Morgan fingerprint density at radius 3 is 2.81 bits per heavy atom. The predicted molar refractivity (Wildman–Crippen MR) is 96.7 cm³/mol. The van der Waals surface area contributed by atoms with Crippen molar-refractivity contribution < 1.29 is 23.9 Å². The van der Waals surface area contributed by atoms with Crippen molar-refractivity contribution in [3.05, 3.63) is 29.3 Å². The van der Waals surface area contributed by atoms with E-state index in [0.29, 0.717) is 5.69 Å². The maximum atomic E-state index is 12.6. The molecule has 26 heavy (non-hydrogen) atoms. The Hall–Kier alpha value is -1.89. The Balaban J connectivity index is 1.37. The molecule has 0 spiro atoms. The molecule has 6 atom stereocenters. The van der Waals surface area contributed by atoms with Gasteiger partial charge in [0.2, 0.25) is 0 Å². The number of esters is 2. The summed E-state index contributed by atoms with van der Waals surface area (Å²) in [6.07, 6.45) is 0.653. The summed E-state index contributed by atoms with van der Waals surface area (Å²) >= 11 is 3.56. The van der Waals surface area contributed by atoms with Gasteiger partial charge in [-0.05, 0) is 37.8 Å². The Labute approximate surface area is 159 Å². The second-order valence-corrected chi connectivity index (χ2v) is 8.49. The molecule has 1 aromatic carbocycles. The standard InChI is InChI=1S/C19H20BrNO5/c1-8-3-4-12(9(2)5-8)21-13(22)7-25-18(23)14-10-6-11-15(14)19(24)26-17(11)16(10)20/h3-5,10-11,14-17H,6-7H2,1-2H3,(H,21,22)/t10-,11-,14-,15+,16+,17+/m1/s1. The number of nitrogens with one attached hydrogen (secondary N) is 1. The van der Waals surface area contributed by atoms with Crippen LogP contribution in [0.25, 0.3) is 0 Å². The molecule has 1 N–H and O–H groups in total. The number of hydrogen-bond donors (Lipinski definition) is 1. The van der Waals surface area contributed by atoms with Crippen molar-refractivity contribution in [3.8, 4) is 0 Å². The Bertz CT molecular complexity index is 794. The molecule has 2 aliphatic carbocycles. The second kappa shape index (κ2) is 6.37. The van der Waals surface area contributed by atoms with Gasteiger partial charge in [-0.3, -0.25) is 14.4 Å². The molecule has 1 amide bonds. The van der Waals surface area contributed by atoms with Crippen molar-refractivity contribution in [3.63, 3.8) is 0 Å². The van der Waals surface area contributed by atoms with E-state index >= 15 is 0 Å². The number of alkyl halides is 1. The molecule has 7 heteroatoms. The highest BCUT2D eigenvalue weighted by molar-refractivity contribution is 9.09. The topological polar surface area (TPSA) is 81.7 Å². The fourth-order valence-corrected chi connectivity index (χ4v) is 5.71. The average molecular weight is 422 g/mol. The van der Waals surface area contributed by atoms with E-state index in [9.17, 15) is 14.4 Å². The van der Waals surface area contributed by atoms with Crippen LogP contribution in [0.3, 0.4) is 0 Å². The van der Waals surface area contributed by atoms with Crippen LogP contribution in [0.2, 0.25) is 0 Å². The number of hydrogen-bond acceptors (Lipinski definition) is 5. The van der Waals surface area contributed by atoms with Crippen LogP contribution in [-0.4, -0.2) is 35.4 Å². The van der Waals surface area contributed by atoms with Crippen LogP contribution < -0.4 is 5.32 Å². The number of carbonyl (C=O) groups is 3. The van der Waals surface area contributed by atoms with Crippen LogP contribution in [0, 0.1) is 37.5 Å². The van der Waals surface area contributed by atoms with Gasteiger partial charge in [0.1, 0.15) is 6.10 Å². The molecule has 1 saturated heterocycles. The highest BCUT2D eigenvalue weighted by Crippen LogP contribution is 2.60. The Morgan fingerprint density at radius 2 is 2.08 bits per heavy atom. The van der Waals surface area contributed by atoms with E-state index in [-0.39, 0.29) is 35.3 Å². The third kappa shape index (κ3) is 2.73. The summed E-state index contributed by atoms with van der Waals surface area (Å²) in [6, 6.07) is 5.70. The maximum absolute atomic E-state index is 12.6. The molecule has 1 heterocycles. The van der Waals surface area contributed by atoms with Gasteiger partial charge in [-0.25, -0.2) is 0 Å². The summed E-state index contributed by atoms with van der Waals surface area (Å²) in [5.41, 5.74) is 2.74. The molecule has 2 bridgehead atoms. The predicted octanol–water partition coefficient (Wildman–Crippen LogP) is 2.36. The lowest BCUT2D eigenvalue weighted by Crippen LogP contribution is -2.39. The molecule has 6 nitrogen and oxygen atoms in total. The first-order valence-electron chi connectivity index (χ1n) is 8.75. The summed E-state index contributed by atoms with van der Waals surface area (Å²) in [7, 11) is 0. The molecule has 2 saturated carbocycles. The van der Waals surface area contributed by atoms with Gasteiger partial charge in [0.15, 0.2) is 6.61 Å². The van der Waals surface area contributed by atoms with Gasteiger partial charge in [0.25, 0.3) is 5.91 Å².